The van der Waals surface area contributed by atoms with Crippen molar-refractivity contribution in [2.45, 2.75) is 6.92 Å². The quantitative estimate of drug-likeness (QED) is 0.550. The second kappa shape index (κ2) is 2.35. The van der Waals surface area contributed by atoms with Gasteiger partial charge >= 0.3 is 0 Å². The molecule has 0 aliphatic carbocycles. The summed E-state index contributed by atoms with van der Waals surface area (Å²) in [4.78, 5) is 4.21. The summed E-state index contributed by atoms with van der Waals surface area (Å²) in [6.45, 7) is 2.05. The Hall–Kier alpha value is -1.37. The summed E-state index contributed by atoms with van der Waals surface area (Å²) in [6, 6.07) is 11.1. The first-order valence-corrected chi connectivity index (χ1v) is 3.59. The molecule has 0 saturated carbocycles. The Kier molecular flexibility index (Phi) is 1.35. The van der Waals surface area contributed by atoms with E-state index in [0.717, 1.165) is 10.9 Å². The van der Waals surface area contributed by atoms with E-state index < -0.39 is 0 Å². The van der Waals surface area contributed by atoms with Crippen LogP contribution in [0.15, 0.2) is 30.5 Å². The molecule has 1 heteroatoms. The molecule has 0 saturated heterocycles. The van der Waals surface area contributed by atoms with Crippen LogP contribution >= 0.6 is 0 Å². The van der Waals surface area contributed by atoms with E-state index in [1.165, 1.54) is 5.56 Å². The summed E-state index contributed by atoms with van der Waals surface area (Å²) in [5.41, 5.74) is 2.23. The highest BCUT2D eigenvalue weighted by atomic mass is 14.6. The van der Waals surface area contributed by atoms with E-state index in [4.69, 9.17) is 0 Å². The van der Waals surface area contributed by atoms with Crippen LogP contribution in [0, 0.1) is 13.0 Å². The molecule has 1 heterocycles. The summed E-state index contributed by atoms with van der Waals surface area (Å²) in [5.74, 6) is 0. The number of hydrogen-bond acceptors (Lipinski definition) is 1. The van der Waals surface area contributed by atoms with Crippen LogP contribution in [0.25, 0.3) is 10.9 Å². The predicted octanol–water partition coefficient (Wildman–Crippen LogP) is 2.34. The Morgan fingerprint density at radius 2 is 2.36 bits per heavy atom. The molecule has 2 aromatic rings. The molecular formula is C10H8N. The molecule has 0 amide bonds. The molecule has 53 valence electrons. The number of fused-ring (bicyclic) bond motifs is 1. The molecule has 1 radical (unpaired) electrons. The summed E-state index contributed by atoms with van der Waals surface area (Å²) in [6.07, 6.45) is 1.80. The predicted molar refractivity (Wildman–Crippen MR) is 45.3 cm³/mol. The maximum atomic E-state index is 4.21. The third-order valence-electron chi connectivity index (χ3n) is 1.66. The zero-order valence-electron chi connectivity index (χ0n) is 6.33. The van der Waals surface area contributed by atoms with E-state index in [2.05, 4.69) is 17.1 Å². The van der Waals surface area contributed by atoms with Gasteiger partial charge in [-0.15, -0.1) is 0 Å². The van der Waals surface area contributed by atoms with Gasteiger partial charge in [0, 0.05) is 11.6 Å². The maximum absolute atomic E-state index is 4.21. The van der Waals surface area contributed by atoms with E-state index in [9.17, 15) is 0 Å². The molecule has 0 aliphatic rings. The van der Waals surface area contributed by atoms with E-state index in [1.54, 1.807) is 6.20 Å². The lowest BCUT2D eigenvalue weighted by molar-refractivity contribution is 1.39. The minimum absolute atomic E-state index is 1.02. The first kappa shape index (κ1) is 6.35. The van der Waals surface area contributed by atoms with Crippen molar-refractivity contribution >= 4 is 10.9 Å². The van der Waals surface area contributed by atoms with E-state index in [0.29, 0.717) is 0 Å². The van der Waals surface area contributed by atoms with Crippen LogP contribution in [0.1, 0.15) is 5.56 Å². The van der Waals surface area contributed by atoms with Crippen molar-refractivity contribution in [1.82, 2.24) is 4.98 Å². The van der Waals surface area contributed by atoms with Gasteiger partial charge < -0.3 is 0 Å². The highest BCUT2D eigenvalue weighted by Gasteiger charge is 1.91. The van der Waals surface area contributed by atoms with Gasteiger partial charge in [0.15, 0.2) is 0 Å². The number of pyridine rings is 1. The van der Waals surface area contributed by atoms with Crippen molar-refractivity contribution in [3.8, 4) is 0 Å². The van der Waals surface area contributed by atoms with Gasteiger partial charge in [0.05, 0.1) is 5.52 Å². The van der Waals surface area contributed by atoms with Gasteiger partial charge in [0.25, 0.3) is 0 Å². The lowest BCUT2D eigenvalue weighted by Crippen LogP contribution is -1.78. The SMILES string of the molecule is Cc1c[c]c2cccnc2c1. The van der Waals surface area contributed by atoms with Gasteiger partial charge in [0.2, 0.25) is 0 Å². The van der Waals surface area contributed by atoms with Crippen molar-refractivity contribution in [1.29, 1.82) is 0 Å². The Morgan fingerprint density at radius 3 is 3.27 bits per heavy atom. The Labute approximate surface area is 65.7 Å². The molecule has 0 fully saturated rings. The Balaban J connectivity index is 2.83. The molecule has 1 aromatic carbocycles. The summed E-state index contributed by atoms with van der Waals surface area (Å²) < 4.78 is 0. The van der Waals surface area contributed by atoms with Crippen molar-refractivity contribution in [3.05, 3.63) is 42.1 Å². The average Bonchev–Trinajstić information content (AvgIpc) is 2.04. The van der Waals surface area contributed by atoms with E-state index >= 15 is 0 Å². The molecule has 0 N–H and O–H groups in total. The third-order valence-corrected chi connectivity index (χ3v) is 1.66. The highest BCUT2D eigenvalue weighted by molar-refractivity contribution is 5.78. The van der Waals surface area contributed by atoms with Crippen molar-refractivity contribution < 1.29 is 0 Å². The van der Waals surface area contributed by atoms with Crippen LogP contribution in [0.5, 0.6) is 0 Å². The normalized spacial score (nSPS) is 10.3. The summed E-state index contributed by atoms with van der Waals surface area (Å²) in [7, 11) is 0. The maximum Gasteiger partial charge on any atom is 0.0710 e. The Morgan fingerprint density at radius 1 is 1.45 bits per heavy atom. The van der Waals surface area contributed by atoms with Gasteiger partial charge in [-0.05, 0) is 30.7 Å². The minimum Gasteiger partial charge on any atom is -0.256 e. The van der Waals surface area contributed by atoms with Gasteiger partial charge in [-0.3, -0.25) is 4.98 Å². The molecule has 0 unspecified atom stereocenters. The van der Waals surface area contributed by atoms with Gasteiger partial charge in [-0.2, -0.15) is 0 Å². The second-order valence-corrected chi connectivity index (χ2v) is 2.61. The fourth-order valence-corrected chi connectivity index (χ4v) is 1.10. The van der Waals surface area contributed by atoms with E-state index in [1.807, 2.05) is 25.1 Å². The van der Waals surface area contributed by atoms with E-state index in [-0.39, 0.29) is 0 Å². The monoisotopic (exact) mass is 142 g/mol. The molecule has 0 atom stereocenters. The minimum atomic E-state index is 1.02. The molecule has 1 aromatic heterocycles. The number of aryl methyl sites for hydroxylation is 1. The zero-order valence-corrected chi connectivity index (χ0v) is 6.33. The fourth-order valence-electron chi connectivity index (χ4n) is 1.10. The zero-order chi connectivity index (χ0) is 7.68. The lowest BCUT2D eigenvalue weighted by atomic mass is 10.1. The van der Waals surface area contributed by atoms with Gasteiger partial charge in [-0.1, -0.05) is 12.1 Å². The molecule has 0 spiro atoms. The second-order valence-electron chi connectivity index (χ2n) is 2.61. The van der Waals surface area contributed by atoms with Gasteiger partial charge in [-0.25, -0.2) is 0 Å². The lowest BCUT2D eigenvalue weighted by Gasteiger charge is -1.95. The fraction of sp³-hybridized carbons (Fsp3) is 0.100. The molecule has 11 heavy (non-hydrogen) atoms. The molecule has 0 aliphatic heterocycles. The average molecular weight is 142 g/mol. The first-order valence-electron chi connectivity index (χ1n) is 3.59. The summed E-state index contributed by atoms with van der Waals surface area (Å²) in [5, 5.41) is 1.08. The number of rotatable bonds is 0. The van der Waals surface area contributed by atoms with Crippen LogP contribution < -0.4 is 0 Å². The smallest absolute Gasteiger partial charge is 0.0710 e. The molecule has 1 nitrogen and oxygen atoms in total. The first-order chi connectivity index (χ1) is 5.36. The van der Waals surface area contributed by atoms with Crippen LogP contribution in [0.3, 0.4) is 0 Å². The highest BCUT2D eigenvalue weighted by Crippen LogP contribution is 2.10. The Bertz CT molecular complexity index is 379. The van der Waals surface area contributed by atoms with Crippen molar-refractivity contribution in [3.63, 3.8) is 0 Å². The number of hydrogen-bond donors (Lipinski definition) is 0. The molecule has 0 bridgehead atoms. The van der Waals surface area contributed by atoms with Crippen LogP contribution in [0.4, 0.5) is 0 Å². The standard InChI is InChI=1S/C10H8N/c1-8-4-5-9-3-2-6-11-10(9)7-8/h2-4,6-7H,1H3. The largest absolute Gasteiger partial charge is 0.256 e. The van der Waals surface area contributed by atoms with Gasteiger partial charge in [0.1, 0.15) is 0 Å². The summed E-state index contributed by atoms with van der Waals surface area (Å²) >= 11 is 0. The number of benzene rings is 1. The molecular weight excluding hydrogens is 134 g/mol. The van der Waals surface area contributed by atoms with Crippen molar-refractivity contribution in [2.75, 3.05) is 0 Å². The number of aromatic nitrogens is 1. The number of nitrogens with zero attached hydrogens (tertiary/aromatic N) is 1. The van der Waals surface area contributed by atoms with Crippen LogP contribution in [-0.2, 0) is 0 Å². The topological polar surface area (TPSA) is 12.9 Å². The van der Waals surface area contributed by atoms with Crippen LogP contribution in [0.2, 0.25) is 0 Å². The van der Waals surface area contributed by atoms with Crippen LogP contribution in [-0.4, -0.2) is 4.98 Å². The van der Waals surface area contributed by atoms with Crippen molar-refractivity contribution in [2.24, 2.45) is 0 Å². The molecule has 2 rings (SSSR count). The third kappa shape index (κ3) is 1.09.